The van der Waals surface area contributed by atoms with Crippen molar-refractivity contribution in [3.63, 3.8) is 0 Å². The molecule has 0 saturated carbocycles. The van der Waals surface area contributed by atoms with Crippen LogP contribution in [0.3, 0.4) is 0 Å². The van der Waals surface area contributed by atoms with E-state index in [0.29, 0.717) is 5.56 Å². The molecule has 0 radical (unpaired) electrons. The van der Waals surface area contributed by atoms with E-state index in [4.69, 9.17) is 0 Å². The van der Waals surface area contributed by atoms with E-state index >= 15 is 0 Å². The zero-order chi connectivity index (χ0) is 14.7. The summed E-state index contributed by atoms with van der Waals surface area (Å²) < 4.78 is -0.620. The first-order valence-electron chi connectivity index (χ1n) is 5.80. The Morgan fingerprint density at radius 1 is 1.11 bits per heavy atom. The molecule has 0 aliphatic carbocycles. The van der Waals surface area contributed by atoms with Crippen LogP contribution in [0.4, 0.5) is 0 Å². The van der Waals surface area contributed by atoms with Gasteiger partial charge in [0.1, 0.15) is 6.17 Å². The minimum absolute atomic E-state index is 0.134. The van der Waals surface area contributed by atoms with Crippen LogP contribution in [-0.4, -0.2) is 19.8 Å². The van der Waals surface area contributed by atoms with Crippen LogP contribution in [-0.2, 0) is 0 Å². The summed E-state index contributed by atoms with van der Waals surface area (Å²) in [6.45, 7) is 6.11. The zero-order valence-corrected chi connectivity index (χ0v) is 15.8. The Bertz CT molecular complexity index is 424. The molecule has 0 aliphatic heterocycles. The molecule has 0 aliphatic rings. The van der Waals surface area contributed by atoms with Gasteiger partial charge < -0.3 is 5.32 Å². The molecule has 0 spiro atoms. The highest BCUT2D eigenvalue weighted by Gasteiger charge is 2.34. The lowest BCUT2D eigenvalue weighted by Crippen LogP contribution is -2.58. The van der Waals surface area contributed by atoms with Gasteiger partial charge in [0.2, 0.25) is 0 Å². The Labute approximate surface area is 139 Å². The Morgan fingerprint density at radius 2 is 1.63 bits per heavy atom. The third kappa shape index (κ3) is 6.38. The quantitative estimate of drug-likeness (QED) is 0.533. The average molecular weight is 457 g/mol. The molecular formula is C13H17Br3N2O. The van der Waals surface area contributed by atoms with E-state index in [2.05, 4.69) is 58.4 Å². The van der Waals surface area contributed by atoms with Crippen molar-refractivity contribution in [3.8, 4) is 0 Å². The fraction of sp³-hybridized carbons (Fsp3) is 0.462. The first-order valence-corrected chi connectivity index (χ1v) is 8.18. The molecule has 0 bridgehead atoms. The molecule has 0 saturated heterocycles. The van der Waals surface area contributed by atoms with Crippen molar-refractivity contribution in [1.82, 2.24) is 10.6 Å². The number of halogens is 3. The highest BCUT2D eigenvalue weighted by Crippen LogP contribution is 2.36. The summed E-state index contributed by atoms with van der Waals surface area (Å²) >= 11 is 10.4. The first-order chi connectivity index (χ1) is 8.59. The molecule has 6 heteroatoms. The van der Waals surface area contributed by atoms with Gasteiger partial charge in [0.25, 0.3) is 5.91 Å². The maximum atomic E-state index is 12.2. The number of rotatable bonds is 3. The summed E-state index contributed by atoms with van der Waals surface area (Å²) in [5.74, 6) is -0.134. The molecule has 1 aromatic rings. The van der Waals surface area contributed by atoms with Crippen LogP contribution >= 0.6 is 47.8 Å². The second kappa shape index (κ2) is 6.70. The summed E-state index contributed by atoms with van der Waals surface area (Å²) in [5, 5.41) is 6.26. The molecule has 0 aromatic heterocycles. The fourth-order valence-corrected chi connectivity index (χ4v) is 2.12. The van der Waals surface area contributed by atoms with Crippen LogP contribution < -0.4 is 10.6 Å². The lowest BCUT2D eigenvalue weighted by atomic mass is 10.1. The predicted molar refractivity (Wildman–Crippen MR) is 90.1 cm³/mol. The summed E-state index contributed by atoms with van der Waals surface area (Å²) in [7, 11) is 0. The SMILES string of the molecule is CC(C)(C)NC(NC(=O)c1ccccc1)C(Br)(Br)Br. The lowest BCUT2D eigenvalue weighted by molar-refractivity contribution is 0.0925. The second-order valence-corrected chi connectivity index (χ2v) is 12.2. The maximum absolute atomic E-state index is 12.2. The molecule has 3 nitrogen and oxygen atoms in total. The van der Waals surface area contributed by atoms with Gasteiger partial charge in [-0.25, -0.2) is 0 Å². The Balaban J connectivity index is 2.82. The van der Waals surface area contributed by atoms with E-state index in [1.807, 2.05) is 39.0 Å². The largest absolute Gasteiger partial charge is 0.334 e. The van der Waals surface area contributed by atoms with Crippen LogP contribution in [0.2, 0.25) is 0 Å². The van der Waals surface area contributed by atoms with Crippen LogP contribution in [0.5, 0.6) is 0 Å². The molecule has 1 amide bonds. The van der Waals surface area contributed by atoms with Crippen LogP contribution in [0.25, 0.3) is 0 Å². The number of benzene rings is 1. The van der Waals surface area contributed by atoms with E-state index in [0.717, 1.165) is 0 Å². The average Bonchev–Trinajstić information content (AvgIpc) is 2.26. The minimum atomic E-state index is -0.620. The molecular weight excluding hydrogens is 440 g/mol. The second-order valence-electron chi connectivity index (χ2n) is 5.21. The zero-order valence-electron chi connectivity index (χ0n) is 11.0. The molecule has 106 valence electrons. The predicted octanol–water partition coefficient (Wildman–Crippen LogP) is 3.97. The van der Waals surface area contributed by atoms with Gasteiger partial charge in [-0.2, -0.15) is 0 Å². The smallest absolute Gasteiger partial charge is 0.252 e. The van der Waals surface area contributed by atoms with Gasteiger partial charge in [0.15, 0.2) is 2.14 Å². The highest BCUT2D eigenvalue weighted by molar-refractivity contribution is 9.39. The Hall–Kier alpha value is 0.0900. The number of carbonyl (C=O) groups excluding carboxylic acids is 1. The van der Waals surface area contributed by atoms with Crippen molar-refractivity contribution in [1.29, 1.82) is 0 Å². The number of carbonyl (C=O) groups is 1. The van der Waals surface area contributed by atoms with E-state index in [1.54, 1.807) is 12.1 Å². The molecule has 19 heavy (non-hydrogen) atoms. The first kappa shape index (κ1) is 17.1. The summed E-state index contributed by atoms with van der Waals surface area (Å²) in [4.78, 5) is 12.2. The molecule has 0 heterocycles. The third-order valence-electron chi connectivity index (χ3n) is 2.22. The van der Waals surface area contributed by atoms with Gasteiger partial charge in [0.05, 0.1) is 0 Å². The van der Waals surface area contributed by atoms with Gasteiger partial charge in [-0.05, 0) is 32.9 Å². The lowest BCUT2D eigenvalue weighted by Gasteiger charge is -2.34. The number of hydrogen-bond acceptors (Lipinski definition) is 2. The van der Waals surface area contributed by atoms with Crippen molar-refractivity contribution in [2.24, 2.45) is 0 Å². The fourth-order valence-electron chi connectivity index (χ4n) is 1.44. The highest BCUT2D eigenvalue weighted by atomic mass is 80.0. The van der Waals surface area contributed by atoms with Gasteiger partial charge >= 0.3 is 0 Å². The summed E-state index contributed by atoms with van der Waals surface area (Å²) in [5.41, 5.74) is 0.481. The van der Waals surface area contributed by atoms with Gasteiger partial charge in [-0.3, -0.25) is 10.1 Å². The Kier molecular flexibility index (Phi) is 6.04. The van der Waals surface area contributed by atoms with Crippen LogP contribution in [0, 0.1) is 0 Å². The molecule has 1 unspecified atom stereocenters. The number of alkyl halides is 3. The van der Waals surface area contributed by atoms with Gasteiger partial charge in [0, 0.05) is 11.1 Å². The normalized spacial score (nSPS) is 14.0. The number of amides is 1. The molecule has 1 rings (SSSR count). The van der Waals surface area contributed by atoms with Crippen molar-refractivity contribution in [2.75, 3.05) is 0 Å². The van der Waals surface area contributed by atoms with Crippen LogP contribution in [0.1, 0.15) is 31.1 Å². The topological polar surface area (TPSA) is 41.1 Å². The van der Waals surface area contributed by atoms with Gasteiger partial charge in [-0.1, -0.05) is 66.0 Å². The Morgan fingerprint density at radius 3 is 2.05 bits per heavy atom. The van der Waals surface area contributed by atoms with Crippen molar-refractivity contribution < 1.29 is 4.79 Å². The minimum Gasteiger partial charge on any atom is -0.334 e. The van der Waals surface area contributed by atoms with E-state index in [1.165, 1.54) is 0 Å². The van der Waals surface area contributed by atoms with E-state index in [9.17, 15) is 4.79 Å². The monoisotopic (exact) mass is 454 g/mol. The summed E-state index contributed by atoms with van der Waals surface area (Å²) in [6.07, 6.45) is -0.333. The molecule has 1 aromatic carbocycles. The number of hydrogen-bond donors (Lipinski definition) is 2. The van der Waals surface area contributed by atoms with Crippen LogP contribution in [0.15, 0.2) is 30.3 Å². The summed E-state index contributed by atoms with van der Waals surface area (Å²) in [6, 6.07) is 9.12. The van der Waals surface area contributed by atoms with Gasteiger partial charge in [-0.15, -0.1) is 0 Å². The van der Waals surface area contributed by atoms with Crippen molar-refractivity contribution in [2.45, 2.75) is 34.6 Å². The molecule has 1 atom stereocenters. The number of nitrogens with one attached hydrogen (secondary N) is 2. The molecule has 2 N–H and O–H groups in total. The maximum Gasteiger partial charge on any atom is 0.252 e. The van der Waals surface area contributed by atoms with Crippen molar-refractivity contribution >= 4 is 53.7 Å². The van der Waals surface area contributed by atoms with Crippen molar-refractivity contribution in [3.05, 3.63) is 35.9 Å². The molecule has 0 fully saturated rings. The van der Waals surface area contributed by atoms with E-state index in [-0.39, 0.29) is 17.6 Å². The van der Waals surface area contributed by atoms with E-state index < -0.39 is 2.14 Å². The standard InChI is InChI=1S/C13H17Br3N2O/c1-12(2,3)18-11(13(14,15)16)17-10(19)9-7-5-4-6-8-9/h4-8,11,18H,1-3H3,(H,17,19). The third-order valence-corrected chi connectivity index (χ3v) is 3.59.